The van der Waals surface area contributed by atoms with Crippen LogP contribution in [0.25, 0.3) is 0 Å². The first-order chi connectivity index (χ1) is 8.61. The van der Waals surface area contributed by atoms with Crippen molar-refractivity contribution in [1.82, 2.24) is 9.97 Å². The highest BCUT2D eigenvalue weighted by atomic mass is 35.5. The normalized spacial score (nSPS) is 23.4. The fourth-order valence-electron chi connectivity index (χ4n) is 1.84. The number of anilines is 2. The van der Waals surface area contributed by atoms with Crippen LogP contribution in [0.4, 0.5) is 11.8 Å². The topological polar surface area (TPSA) is 81.5 Å². The van der Waals surface area contributed by atoms with E-state index in [0.29, 0.717) is 29.9 Å². The second kappa shape index (κ2) is 5.69. The number of aliphatic hydroxyl groups is 2. The van der Waals surface area contributed by atoms with Crippen molar-refractivity contribution in [3.63, 3.8) is 0 Å². The first-order valence-electron chi connectivity index (χ1n) is 5.99. The van der Waals surface area contributed by atoms with E-state index in [2.05, 4.69) is 22.2 Å². The molecular formula is C11H17ClN4O2. The molecule has 100 valence electrons. The summed E-state index contributed by atoms with van der Waals surface area (Å²) in [5.74, 6) is 1.05. The van der Waals surface area contributed by atoms with Gasteiger partial charge in [-0.2, -0.15) is 4.98 Å². The van der Waals surface area contributed by atoms with Gasteiger partial charge in [0.05, 0.1) is 18.4 Å². The summed E-state index contributed by atoms with van der Waals surface area (Å²) < 4.78 is 0. The first kappa shape index (κ1) is 13.3. The predicted molar refractivity (Wildman–Crippen MR) is 70.0 cm³/mol. The molecule has 2 unspecified atom stereocenters. The molecule has 0 aromatic carbocycles. The maximum Gasteiger partial charge on any atom is 0.224 e. The van der Waals surface area contributed by atoms with Crippen LogP contribution in [0.2, 0.25) is 5.02 Å². The average molecular weight is 273 g/mol. The lowest BCUT2D eigenvalue weighted by atomic mass is 10.3. The van der Waals surface area contributed by atoms with E-state index < -0.39 is 12.2 Å². The molecule has 2 rings (SSSR count). The van der Waals surface area contributed by atoms with Crippen molar-refractivity contribution in [3.8, 4) is 0 Å². The van der Waals surface area contributed by atoms with Gasteiger partial charge in [-0.05, 0) is 6.42 Å². The third-order valence-electron chi connectivity index (χ3n) is 2.82. The van der Waals surface area contributed by atoms with Gasteiger partial charge in [-0.1, -0.05) is 18.5 Å². The van der Waals surface area contributed by atoms with Crippen LogP contribution in [0.3, 0.4) is 0 Å². The Morgan fingerprint density at radius 2 is 2.11 bits per heavy atom. The molecule has 1 saturated heterocycles. The Hall–Kier alpha value is -1.11. The van der Waals surface area contributed by atoms with Crippen molar-refractivity contribution in [2.75, 3.05) is 29.9 Å². The van der Waals surface area contributed by atoms with E-state index in [0.717, 1.165) is 13.0 Å². The van der Waals surface area contributed by atoms with Crippen molar-refractivity contribution < 1.29 is 10.2 Å². The van der Waals surface area contributed by atoms with Crippen molar-refractivity contribution in [3.05, 3.63) is 11.2 Å². The molecule has 1 aromatic heterocycles. The number of nitrogens with one attached hydrogen (secondary N) is 1. The van der Waals surface area contributed by atoms with Crippen LogP contribution in [0.1, 0.15) is 13.3 Å². The summed E-state index contributed by atoms with van der Waals surface area (Å²) >= 11 is 6.05. The Kier molecular flexibility index (Phi) is 4.21. The second-order valence-electron chi connectivity index (χ2n) is 4.33. The molecule has 0 amide bonds. The van der Waals surface area contributed by atoms with Gasteiger partial charge >= 0.3 is 0 Å². The van der Waals surface area contributed by atoms with Crippen LogP contribution in [0, 0.1) is 0 Å². The van der Waals surface area contributed by atoms with Crippen LogP contribution < -0.4 is 10.2 Å². The summed E-state index contributed by atoms with van der Waals surface area (Å²) in [6.07, 6.45) is 0.979. The zero-order valence-electron chi connectivity index (χ0n) is 10.2. The Morgan fingerprint density at radius 1 is 1.44 bits per heavy atom. The fraction of sp³-hybridized carbons (Fsp3) is 0.636. The molecule has 1 aliphatic heterocycles. The summed E-state index contributed by atoms with van der Waals surface area (Å²) in [4.78, 5) is 10.2. The molecule has 3 N–H and O–H groups in total. The lowest BCUT2D eigenvalue weighted by molar-refractivity contribution is 0.0572. The van der Waals surface area contributed by atoms with Gasteiger partial charge in [-0.3, -0.25) is 0 Å². The van der Waals surface area contributed by atoms with E-state index in [1.54, 1.807) is 4.90 Å². The van der Waals surface area contributed by atoms with Crippen LogP contribution >= 0.6 is 11.6 Å². The SMILES string of the molecule is CCCNc1ncc(Cl)c(N2CC(O)C(O)C2)n1. The lowest BCUT2D eigenvalue weighted by Gasteiger charge is -2.18. The molecule has 1 aliphatic rings. The molecule has 1 fully saturated rings. The highest BCUT2D eigenvalue weighted by Gasteiger charge is 2.31. The number of halogens is 1. The van der Waals surface area contributed by atoms with Crippen LogP contribution in [0.5, 0.6) is 0 Å². The molecule has 0 radical (unpaired) electrons. The second-order valence-corrected chi connectivity index (χ2v) is 4.74. The molecule has 0 bridgehead atoms. The smallest absolute Gasteiger partial charge is 0.224 e. The molecular weight excluding hydrogens is 256 g/mol. The summed E-state index contributed by atoms with van der Waals surface area (Å²) in [6.45, 7) is 3.49. The third-order valence-corrected chi connectivity index (χ3v) is 3.08. The highest BCUT2D eigenvalue weighted by Crippen LogP contribution is 2.27. The minimum Gasteiger partial charge on any atom is -0.389 e. The zero-order valence-corrected chi connectivity index (χ0v) is 10.9. The lowest BCUT2D eigenvalue weighted by Crippen LogP contribution is -2.23. The number of hydrogen-bond acceptors (Lipinski definition) is 6. The van der Waals surface area contributed by atoms with Gasteiger partial charge in [0.25, 0.3) is 0 Å². The molecule has 6 nitrogen and oxygen atoms in total. The van der Waals surface area contributed by atoms with Gasteiger partial charge in [-0.15, -0.1) is 0 Å². The van der Waals surface area contributed by atoms with Crippen molar-refractivity contribution >= 4 is 23.4 Å². The molecule has 2 heterocycles. The number of β-amino-alcohol motifs (C(OH)–C–C–N with tert-alkyl or cyclic N) is 2. The minimum atomic E-state index is -0.761. The molecule has 7 heteroatoms. The third kappa shape index (κ3) is 2.82. The number of aliphatic hydroxyl groups excluding tert-OH is 2. The van der Waals surface area contributed by atoms with Crippen LogP contribution in [0.15, 0.2) is 6.20 Å². The van der Waals surface area contributed by atoms with Crippen molar-refractivity contribution in [2.24, 2.45) is 0 Å². The largest absolute Gasteiger partial charge is 0.389 e. The van der Waals surface area contributed by atoms with E-state index in [1.165, 1.54) is 6.20 Å². The molecule has 0 spiro atoms. The van der Waals surface area contributed by atoms with Crippen molar-refractivity contribution in [1.29, 1.82) is 0 Å². The average Bonchev–Trinajstić information content (AvgIpc) is 2.68. The highest BCUT2D eigenvalue weighted by molar-refractivity contribution is 6.32. The monoisotopic (exact) mass is 272 g/mol. The Balaban J connectivity index is 2.16. The Morgan fingerprint density at radius 3 is 2.72 bits per heavy atom. The predicted octanol–water partition coefficient (Wildman–Crippen LogP) is 0.494. The maximum absolute atomic E-state index is 9.54. The Labute approximate surface area is 111 Å². The molecule has 0 saturated carbocycles. The van der Waals surface area contributed by atoms with Crippen molar-refractivity contribution in [2.45, 2.75) is 25.6 Å². The standard InChI is InChI=1S/C11H17ClN4O2/c1-2-3-13-11-14-4-7(12)10(15-11)16-5-8(17)9(18)6-16/h4,8-9,17-18H,2-3,5-6H2,1H3,(H,13,14,15). The van der Waals surface area contributed by atoms with Gasteiger partial charge in [0.2, 0.25) is 5.95 Å². The Bertz CT molecular complexity index is 408. The molecule has 0 aliphatic carbocycles. The molecule has 18 heavy (non-hydrogen) atoms. The molecule has 2 atom stereocenters. The van der Waals surface area contributed by atoms with Crippen LogP contribution in [-0.2, 0) is 0 Å². The van der Waals surface area contributed by atoms with Gasteiger partial charge in [0.15, 0.2) is 5.82 Å². The minimum absolute atomic E-state index is 0.325. The summed E-state index contributed by atoms with van der Waals surface area (Å²) in [7, 11) is 0. The first-order valence-corrected chi connectivity index (χ1v) is 6.37. The van der Waals surface area contributed by atoms with E-state index in [1.807, 2.05) is 0 Å². The zero-order chi connectivity index (χ0) is 13.1. The summed E-state index contributed by atoms with van der Waals surface area (Å²) in [6, 6.07) is 0. The quantitative estimate of drug-likeness (QED) is 0.740. The number of hydrogen-bond donors (Lipinski definition) is 3. The van der Waals surface area contributed by atoms with E-state index in [-0.39, 0.29) is 0 Å². The van der Waals surface area contributed by atoms with Gasteiger partial charge in [0, 0.05) is 19.6 Å². The maximum atomic E-state index is 9.54. The summed E-state index contributed by atoms with van der Waals surface area (Å²) in [5, 5.41) is 22.6. The van der Waals surface area contributed by atoms with Crippen LogP contribution in [-0.4, -0.2) is 52.0 Å². The summed E-state index contributed by atoms with van der Waals surface area (Å²) in [5.41, 5.74) is 0. The van der Waals surface area contributed by atoms with E-state index >= 15 is 0 Å². The fourth-order valence-corrected chi connectivity index (χ4v) is 2.05. The van der Waals surface area contributed by atoms with Gasteiger partial charge in [0.1, 0.15) is 5.02 Å². The number of nitrogens with zero attached hydrogens (tertiary/aromatic N) is 3. The van der Waals surface area contributed by atoms with Gasteiger partial charge in [-0.25, -0.2) is 4.98 Å². The number of aromatic nitrogens is 2. The van der Waals surface area contributed by atoms with E-state index in [9.17, 15) is 10.2 Å². The molecule has 1 aromatic rings. The van der Waals surface area contributed by atoms with Gasteiger partial charge < -0.3 is 20.4 Å². The number of rotatable bonds is 4. The van der Waals surface area contributed by atoms with E-state index in [4.69, 9.17) is 11.6 Å².